The highest BCUT2D eigenvalue weighted by atomic mass is 16.2. The number of aryl methyl sites for hydroxylation is 1. The van der Waals surface area contributed by atoms with Crippen molar-refractivity contribution in [3.63, 3.8) is 0 Å². The van der Waals surface area contributed by atoms with E-state index < -0.39 is 0 Å². The van der Waals surface area contributed by atoms with Crippen molar-refractivity contribution >= 4 is 11.7 Å². The van der Waals surface area contributed by atoms with Gasteiger partial charge in [0, 0.05) is 43.5 Å². The maximum Gasteiger partial charge on any atom is 0.291 e. The number of rotatable bonds is 4. The molecule has 1 aliphatic carbocycles. The molecule has 144 valence electrons. The molecule has 1 amide bonds. The van der Waals surface area contributed by atoms with Crippen molar-refractivity contribution in [3.8, 4) is 0 Å². The van der Waals surface area contributed by atoms with Crippen molar-refractivity contribution in [2.45, 2.75) is 59.0 Å². The van der Waals surface area contributed by atoms with E-state index in [2.05, 4.69) is 49.7 Å². The zero-order valence-corrected chi connectivity index (χ0v) is 17.3. The van der Waals surface area contributed by atoms with Gasteiger partial charge in [-0.1, -0.05) is 13.8 Å². The number of aromatic nitrogens is 2. The van der Waals surface area contributed by atoms with Crippen LogP contribution in [0, 0.1) is 19.3 Å². The molecule has 0 unspecified atom stereocenters. The molecule has 0 N–H and O–H groups in total. The first kappa shape index (κ1) is 19.1. The van der Waals surface area contributed by atoms with Gasteiger partial charge in [0.1, 0.15) is 5.82 Å². The van der Waals surface area contributed by atoms with E-state index >= 15 is 0 Å². The van der Waals surface area contributed by atoms with Gasteiger partial charge < -0.3 is 14.7 Å². The molecular weight excluding hydrogens is 326 g/mol. The van der Waals surface area contributed by atoms with Gasteiger partial charge >= 0.3 is 0 Å². The summed E-state index contributed by atoms with van der Waals surface area (Å²) in [6.45, 7) is 10.5. The van der Waals surface area contributed by atoms with Crippen molar-refractivity contribution in [2.24, 2.45) is 5.41 Å². The third-order valence-corrected chi connectivity index (χ3v) is 6.19. The molecule has 1 aromatic rings. The molecule has 3 rings (SSSR count). The van der Waals surface area contributed by atoms with Crippen LogP contribution < -0.4 is 4.90 Å². The van der Waals surface area contributed by atoms with Gasteiger partial charge in [0.25, 0.3) is 5.91 Å². The maximum atomic E-state index is 13.0. The second-order valence-corrected chi connectivity index (χ2v) is 9.08. The van der Waals surface area contributed by atoms with Gasteiger partial charge in [0.15, 0.2) is 0 Å². The summed E-state index contributed by atoms with van der Waals surface area (Å²) in [6, 6.07) is 0.833. The highest BCUT2D eigenvalue weighted by Gasteiger charge is 2.40. The molecular formula is C20H33N5O. The number of nitrogens with zero attached hydrogens (tertiary/aromatic N) is 5. The summed E-state index contributed by atoms with van der Waals surface area (Å²) >= 11 is 0. The quantitative estimate of drug-likeness (QED) is 0.827. The Labute approximate surface area is 157 Å². The number of amides is 1. The molecule has 0 bridgehead atoms. The molecule has 0 radical (unpaired) electrons. The van der Waals surface area contributed by atoms with Crippen LogP contribution in [0.2, 0.25) is 0 Å². The first-order chi connectivity index (χ1) is 12.1. The summed E-state index contributed by atoms with van der Waals surface area (Å²) in [5.41, 5.74) is 2.31. The number of anilines is 1. The minimum atomic E-state index is -0.0572. The van der Waals surface area contributed by atoms with Gasteiger partial charge in [0.05, 0.1) is 0 Å². The standard InChI is InChI=1S/C20H33N5O/c1-13-14(2)21-17(19(26)24(7)16-10-20(3,4)11-16)22-18(13)25-9-8-15(12-25)23(5)6/h15-16H,8-12H2,1-7H3/t15-/m1/s1. The van der Waals surface area contributed by atoms with E-state index in [0.29, 0.717) is 23.3 Å². The predicted octanol–water partition coefficient (Wildman–Crippen LogP) is 2.49. The molecule has 1 saturated heterocycles. The van der Waals surface area contributed by atoms with E-state index in [4.69, 9.17) is 4.98 Å². The molecule has 0 aromatic carbocycles. The smallest absolute Gasteiger partial charge is 0.291 e. The van der Waals surface area contributed by atoms with Gasteiger partial charge in [0.2, 0.25) is 5.82 Å². The predicted molar refractivity (Wildman–Crippen MR) is 105 cm³/mol. The Kier molecular flexibility index (Phi) is 4.99. The summed E-state index contributed by atoms with van der Waals surface area (Å²) in [6.07, 6.45) is 3.21. The van der Waals surface area contributed by atoms with Crippen LogP contribution in [0.25, 0.3) is 0 Å². The van der Waals surface area contributed by atoms with Crippen molar-refractivity contribution in [3.05, 3.63) is 17.1 Å². The summed E-state index contributed by atoms with van der Waals surface area (Å²) in [5, 5.41) is 0. The fraction of sp³-hybridized carbons (Fsp3) is 0.750. The van der Waals surface area contributed by atoms with Gasteiger partial charge in [-0.05, 0) is 52.6 Å². The zero-order chi connectivity index (χ0) is 19.2. The van der Waals surface area contributed by atoms with Gasteiger partial charge in [-0.15, -0.1) is 0 Å². The molecule has 0 spiro atoms. The SMILES string of the molecule is Cc1nc(C(=O)N(C)C2CC(C)(C)C2)nc(N2CC[C@@H](N(C)C)C2)c1C. The third-order valence-electron chi connectivity index (χ3n) is 6.19. The van der Waals surface area contributed by atoms with Crippen LogP contribution in [0.4, 0.5) is 5.82 Å². The summed E-state index contributed by atoms with van der Waals surface area (Å²) in [5.74, 6) is 1.20. The number of hydrogen-bond donors (Lipinski definition) is 0. The van der Waals surface area contributed by atoms with Crippen LogP contribution in [0.1, 0.15) is 55.0 Å². The Balaban J connectivity index is 1.81. The second-order valence-electron chi connectivity index (χ2n) is 9.08. The largest absolute Gasteiger partial charge is 0.355 e. The van der Waals surface area contributed by atoms with E-state index in [-0.39, 0.29) is 5.91 Å². The molecule has 2 heterocycles. The van der Waals surface area contributed by atoms with Crippen molar-refractivity contribution in [1.82, 2.24) is 19.8 Å². The first-order valence-electron chi connectivity index (χ1n) is 9.63. The van der Waals surface area contributed by atoms with Crippen LogP contribution in [0.3, 0.4) is 0 Å². The lowest BCUT2D eigenvalue weighted by Gasteiger charge is -2.46. The lowest BCUT2D eigenvalue weighted by molar-refractivity contribution is 0.0313. The monoisotopic (exact) mass is 359 g/mol. The molecule has 1 saturated carbocycles. The Morgan fingerprint density at radius 2 is 1.77 bits per heavy atom. The first-order valence-corrected chi connectivity index (χ1v) is 9.63. The minimum absolute atomic E-state index is 0.0572. The van der Waals surface area contributed by atoms with E-state index in [9.17, 15) is 4.79 Å². The minimum Gasteiger partial charge on any atom is -0.355 e. The fourth-order valence-electron chi connectivity index (χ4n) is 4.19. The number of likely N-dealkylation sites (N-methyl/N-ethyl adjacent to an activating group) is 1. The molecule has 2 aliphatic rings. The highest BCUT2D eigenvalue weighted by Crippen LogP contribution is 2.42. The Morgan fingerprint density at radius 1 is 1.12 bits per heavy atom. The fourth-order valence-corrected chi connectivity index (χ4v) is 4.19. The van der Waals surface area contributed by atoms with Crippen molar-refractivity contribution in [2.75, 3.05) is 39.1 Å². The van der Waals surface area contributed by atoms with Crippen LogP contribution >= 0.6 is 0 Å². The van der Waals surface area contributed by atoms with Crippen molar-refractivity contribution < 1.29 is 4.79 Å². The second kappa shape index (κ2) is 6.80. The van der Waals surface area contributed by atoms with E-state index in [0.717, 1.165) is 49.4 Å². The molecule has 1 atom stereocenters. The number of carbonyl (C=O) groups is 1. The lowest BCUT2D eigenvalue weighted by Crippen LogP contribution is -2.49. The van der Waals surface area contributed by atoms with Gasteiger partial charge in [-0.25, -0.2) is 9.97 Å². The average Bonchev–Trinajstić information content (AvgIpc) is 3.03. The molecule has 1 aromatic heterocycles. The normalized spacial score (nSPS) is 22.6. The summed E-state index contributed by atoms with van der Waals surface area (Å²) < 4.78 is 0. The molecule has 6 nitrogen and oxygen atoms in total. The van der Waals surface area contributed by atoms with E-state index in [1.165, 1.54) is 0 Å². The lowest BCUT2D eigenvalue weighted by atomic mass is 9.68. The van der Waals surface area contributed by atoms with Crippen LogP contribution in [0.15, 0.2) is 0 Å². The van der Waals surface area contributed by atoms with Gasteiger partial charge in [-0.3, -0.25) is 4.79 Å². The molecule has 6 heteroatoms. The molecule has 2 fully saturated rings. The topological polar surface area (TPSA) is 52.6 Å². The molecule has 1 aliphatic heterocycles. The third kappa shape index (κ3) is 3.56. The van der Waals surface area contributed by atoms with Crippen LogP contribution in [-0.4, -0.2) is 72.0 Å². The average molecular weight is 360 g/mol. The number of carbonyl (C=O) groups excluding carboxylic acids is 1. The van der Waals surface area contributed by atoms with E-state index in [1.54, 1.807) is 0 Å². The summed E-state index contributed by atoms with van der Waals surface area (Å²) in [4.78, 5) is 28.6. The van der Waals surface area contributed by atoms with Crippen molar-refractivity contribution in [1.29, 1.82) is 0 Å². The van der Waals surface area contributed by atoms with Crippen LogP contribution in [-0.2, 0) is 0 Å². The summed E-state index contributed by atoms with van der Waals surface area (Å²) in [7, 11) is 6.13. The van der Waals surface area contributed by atoms with Crippen LogP contribution in [0.5, 0.6) is 0 Å². The van der Waals surface area contributed by atoms with Gasteiger partial charge in [-0.2, -0.15) is 0 Å². The van der Waals surface area contributed by atoms with E-state index in [1.807, 2.05) is 18.9 Å². The maximum absolute atomic E-state index is 13.0. The molecule has 26 heavy (non-hydrogen) atoms. The zero-order valence-electron chi connectivity index (χ0n) is 17.3. The Hall–Kier alpha value is -1.69. The number of hydrogen-bond acceptors (Lipinski definition) is 5. The highest BCUT2D eigenvalue weighted by molar-refractivity contribution is 5.91. The Bertz CT molecular complexity index is 692. The Morgan fingerprint density at radius 3 is 2.31 bits per heavy atom.